The Bertz CT molecular complexity index is 201. The molecule has 68 valence electrons. The SMILES string of the molecule is C[C@H](C=O)C1=CCCCC1(C)C. The topological polar surface area (TPSA) is 17.1 Å². The minimum absolute atomic E-state index is 0.111. The van der Waals surface area contributed by atoms with Crippen LogP contribution in [0.4, 0.5) is 0 Å². The maximum Gasteiger partial charge on any atom is 0.126 e. The largest absolute Gasteiger partial charge is 0.303 e. The predicted octanol–water partition coefficient (Wildman–Crippen LogP) is 2.96. The summed E-state index contributed by atoms with van der Waals surface area (Å²) in [6.45, 7) is 6.46. The number of carbonyl (C=O) groups excluding carboxylic acids is 1. The van der Waals surface area contributed by atoms with E-state index in [1.165, 1.54) is 18.4 Å². The van der Waals surface area contributed by atoms with Gasteiger partial charge in [-0.1, -0.05) is 32.4 Å². The van der Waals surface area contributed by atoms with Crippen molar-refractivity contribution in [1.82, 2.24) is 0 Å². The van der Waals surface area contributed by atoms with Crippen LogP contribution in [0.2, 0.25) is 0 Å². The van der Waals surface area contributed by atoms with Crippen LogP contribution in [0.25, 0.3) is 0 Å². The molecule has 0 amide bonds. The molecule has 0 aliphatic heterocycles. The molecule has 0 saturated heterocycles. The quantitative estimate of drug-likeness (QED) is 0.455. The van der Waals surface area contributed by atoms with Crippen molar-refractivity contribution in [3.63, 3.8) is 0 Å². The zero-order valence-corrected chi connectivity index (χ0v) is 8.26. The molecule has 0 aromatic rings. The number of aldehydes is 1. The molecule has 1 rings (SSSR count). The third-order valence-electron chi connectivity index (χ3n) is 2.85. The first kappa shape index (κ1) is 9.50. The first-order valence-electron chi connectivity index (χ1n) is 4.74. The van der Waals surface area contributed by atoms with E-state index in [-0.39, 0.29) is 11.3 Å². The average molecular weight is 166 g/mol. The molecule has 1 atom stereocenters. The van der Waals surface area contributed by atoms with E-state index in [0.29, 0.717) is 0 Å². The molecule has 1 heteroatoms. The summed E-state index contributed by atoms with van der Waals surface area (Å²) in [5.41, 5.74) is 1.59. The Balaban J connectivity index is 2.84. The van der Waals surface area contributed by atoms with Crippen molar-refractivity contribution in [3.8, 4) is 0 Å². The number of carbonyl (C=O) groups is 1. The van der Waals surface area contributed by atoms with Gasteiger partial charge in [0.25, 0.3) is 0 Å². The van der Waals surface area contributed by atoms with E-state index in [0.717, 1.165) is 12.7 Å². The molecule has 1 nitrogen and oxygen atoms in total. The van der Waals surface area contributed by atoms with E-state index in [1.54, 1.807) is 0 Å². The molecular formula is C11H18O. The number of hydrogen-bond acceptors (Lipinski definition) is 1. The van der Waals surface area contributed by atoms with Gasteiger partial charge in [0.1, 0.15) is 6.29 Å². The lowest BCUT2D eigenvalue weighted by Gasteiger charge is -2.33. The van der Waals surface area contributed by atoms with Crippen molar-refractivity contribution in [3.05, 3.63) is 11.6 Å². The second kappa shape index (κ2) is 3.42. The number of rotatable bonds is 2. The van der Waals surface area contributed by atoms with Gasteiger partial charge in [-0.2, -0.15) is 0 Å². The molecular weight excluding hydrogens is 148 g/mol. The van der Waals surface area contributed by atoms with Gasteiger partial charge in [0.2, 0.25) is 0 Å². The van der Waals surface area contributed by atoms with Crippen LogP contribution in [0, 0.1) is 11.3 Å². The average Bonchev–Trinajstić information content (AvgIpc) is 2.02. The molecule has 0 spiro atoms. The molecule has 0 aromatic heterocycles. The second-order valence-electron chi connectivity index (χ2n) is 4.36. The lowest BCUT2D eigenvalue weighted by atomic mass is 9.71. The van der Waals surface area contributed by atoms with Crippen LogP contribution in [0.15, 0.2) is 11.6 Å². The normalized spacial score (nSPS) is 24.4. The van der Waals surface area contributed by atoms with Gasteiger partial charge in [0.15, 0.2) is 0 Å². The fourth-order valence-electron chi connectivity index (χ4n) is 2.10. The Kier molecular flexibility index (Phi) is 2.71. The monoisotopic (exact) mass is 166 g/mol. The van der Waals surface area contributed by atoms with Gasteiger partial charge < -0.3 is 4.79 Å². The van der Waals surface area contributed by atoms with Crippen molar-refractivity contribution >= 4 is 6.29 Å². The smallest absolute Gasteiger partial charge is 0.126 e. The highest BCUT2D eigenvalue weighted by molar-refractivity contribution is 5.59. The fourth-order valence-corrected chi connectivity index (χ4v) is 2.10. The van der Waals surface area contributed by atoms with Crippen LogP contribution in [-0.4, -0.2) is 6.29 Å². The van der Waals surface area contributed by atoms with E-state index in [2.05, 4.69) is 19.9 Å². The summed E-state index contributed by atoms with van der Waals surface area (Å²) in [6, 6.07) is 0. The zero-order valence-electron chi connectivity index (χ0n) is 8.26. The molecule has 1 aliphatic carbocycles. The van der Waals surface area contributed by atoms with Crippen LogP contribution in [0.3, 0.4) is 0 Å². The third kappa shape index (κ3) is 1.77. The molecule has 0 heterocycles. The minimum Gasteiger partial charge on any atom is -0.303 e. The highest BCUT2D eigenvalue weighted by atomic mass is 16.1. The lowest BCUT2D eigenvalue weighted by molar-refractivity contribution is -0.110. The first-order valence-corrected chi connectivity index (χ1v) is 4.74. The minimum atomic E-state index is 0.111. The summed E-state index contributed by atoms with van der Waals surface area (Å²) in [7, 11) is 0. The Labute approximate surface area is 74.9 Å². The summed E-state index contributed by atoms with van der Waals surface area (Å²) in [5, 5.41) is 0. The maximum atomic E-state index is 10.7. The molecule has 0 bridgehead atoms. The molecule has 0 N–H and O–H groups in total. The Morgan fingerprint density at radius 2 is 2.25 bits per heavy atom. The summed E-state index contributed by atoms with van der Waals surface area (Å²) in [4.78, 5) is 10.7. The molecule has 0 radical (unpaired) electrons. The van der Waals surface area contributed by atoms with Gasteiger partial charge in [-0.25, -0.2) is 0 Å². The van der Waals surface area contributed by atoms with Crippen LogP contribution < -0.4 is 0 Å². The summed E-state index contributed by atoms with van der Waals surface area (Å²) < 4.78 is 0. The van der Waals surface area contributed by atoms with Crippen molar-refractivity contribution in [2.24, 2.45) is 11.3 Å². The standard InChI is InChI=1S/C11H18O/c1-9(8-12)10-6-4-5-7-11(10,2)3/h6,8-9H,4-5,7H2,1-3H3/t9-/m1/s1. The third-order valence-corrected chi connectivity index (χ3v) is 2.85. The van der Waals surface area contributed by atoms with Crippen LogP contribution in [0.5, 0.6) is 0 Å². The lowest BCUT2D eigenvalue weighted by Crippen LogP contribution is -2.23. The highest BCUT2D eigenvalue weighted by Gasteiger charge is 2.28. The van der Waals surface area contributed by atoms with Crippen LogP contribution in [-0.2, 0) is 4.79 Å². The zero-order chi connectivity index (χ0) is 9.19. The van der Waals surface area contributed by atoms with E-state index in [1.807, 2.05) is 6.92 Å². The predicted molar refractivity (Wildman–Crippen MR) is 50.9 cm³/mol. The Morgan fingerprint density at radius 3 is 2.75 bits per heavy atom. The van der Waals surface area contributed by atoms with Crippen molar-refractivity contribution < 1.29 is 4.79 Å². The van der Waals surface area contributed by atoms with E-state index in [9.17, 15) is 4.79 Å². The van der Waals surface area contributed by atoms with Gasteiger partial charge in [0, 0.05) is 5.92 Å². The summed E-state index contributed by atoms with van der Waals surface area (Å²) in [5.74, 6) is 0.111. The van der Waals surface area contributed by atoms with Crippen LogP contribution in [0.1, 0.15) is 40.0 Å². The maximum absolute atomic E-state index is 10.7. The molecule has 0 fully saturated rings. The Morgan fingerprint density at radius 1 is 1.58 bits per heavy atom. The second-order valence-corrected chi connectivity index (χ2v) is 4.36. The number of allylic oxidation sites excluding steroid dienone is 2. The van der Waals surface area contributed by atoms with Gasteiger partial charge in [-0.15, -0.1) is 0 Å². The van der Waals surface area contributed by atoms with E-state index < -0.39 is 0 Å². The van der Waals surface area contributed by atoms with Crippen molar-refractivity contribution in [2.45, 2.75) is 40.0 Å². The molecule has 0 aromatic carbocycles. The van der Waals surface area contributed by atoms with Crippen molar-refractivity contribution in [2.75, 3.05) is 0 Å². The molecule has 0 unspecified atom stereocenters. The van der Waals surface area contributed by atoms with Gasteiger partial charge in [-0.3, -0.25) is 0 Å². The van der Waals surface area contributed by atoms with E-state index >= 15 is 0 Å². The van der Waals surface area contributed by atoms with Crippen LogP contribution >= 0.6 is 0 Å². The van der Waals surface area contributed by atoms with E-state index in [4.69, 9.17) is 0 Å². The summed E-state index contributed by atoms with van der Waals surface area (Å²) in [6.07, 6.45) is 6.94. The molecule has 1 aliphatic rings. The highest BCUT2D eigenvalue weighted by Crippen LogP contribution is 2.39. The fraction of sp³-hybridized carbons (Fsp3) is 0.727. The van der Waals surface area contributed by atoms with Crippen molar-refractivity contribution in [1.29, 1.82) is 0 Å². The molecule has 12 heavy (non-hydrogen) atoms. The number of hydrogen-bond donors (Lipinski definition) is 0. The summed E-state index contributed by atoms with van der Waals surface area (Å²) >= 11 is 0. The van der Waals surface area contributed by atoms with Gasteiger partial charge in [0.05, 0.1) is 0 Å². The van der Waals surface area contributed by atoms with Gasteiger partial charge in [-0.05, 0) is 24.7 Å². The molecule has 0 saturated carbocycles. The van der Waals surface area contributed by atoms with Gasteiger partial charge >= 0.3 is 0 Å². The first-order chi connectivity index (χ1) is 5.58. The Hall–Kier alpha value is -0.590.